The monoisotopic (exact) mass is 264 g/mol. The van der Waals surface area contributed by atoms with Gasteiger partial charge in [-0.15, -0.1) is 11.6 Å². The van der Waals surface area contributed by atoms with Gasteiger partial charge in [-0.25, -0.2) is 8.42 Å². The van der Waals surface area contributed by atoms with Crippen molar-refractivity contribution in [1.29, 1.82) is 0 Å². The van der Waals surface area contributed by atoms with Crippen LogP contribution in [0.25, 0.3) is 0 Å². The summed E-state index contributed by atoms with van der Waals surface area (Å²) in [6.45, 7) is 0. The zero-order valence-electron chi connectivity index (χ0n) is 8.17. The molecule has 0 saturated carbocycles. The number of halogens is 1. The van der Waals surface area contributed by atoms with Crippen LogP contribution in [0.3, 0.4) is 0 Å². The fraction of sp³-hybridized carbons (Fsp3) is 0.375. The first-order valence-electron chi connectivity index (χ1n) is 4.36. The highest BCUT2D eigenvalue weighted by molar-refractivity contribution is 7.91. The molecule has 8 heteroatoms. The van der Waals surface area contributed by atoms with E-state index in [4.69, 9.17) is 11.6 Å². The fourth-order valence-electron chi connectivity index (χ4n) is 1.13. The van der Waals surface area contributed by atoms with Crippen molar-refractivity contribution in [3.05, 3.63) is 28.6 Å². The van der Waals surface area contributed by atoms with Crippen molar-refractivity contribution in [2.45, 2.75) is 11.3 Å². The molecular weight excluding hydrogens is 256 g/mol. The molecule has 0 aliphatic rings. The van der Waals surface area contributed by atoms with E-state index in [-0.39, 0.29) is 22.9 Å². The van der Waals surface area contributed by atoms with Crippen molar-refractivity contribution in [2.75, 3.05) is 11.6 Å². The van der Waals surface area contributed by atoms with Crippen LogP contribution >= 0.6 is 11.6 Å². The van der Waals surface area contributed by atoms with E-state index in [2.05, 4.69) is 4.98 Å². The lowest BCUT2D eigenvalue weighted by Gasteiger charge is -2.03. The summed E-state index contributed by atoms with van der Waals surface area (Å²) in [6, 6.07) is 1.13. The Hall–Kier alpha value is -1.21. The first-order valence-corrected chi connectivity index (χ1v) is 6.55. The van der Waals surface area contributed by atoms with E-state index >= 15 is 0 Å². The topological polar surface area (TPSA) is 90.2 Å². The number of hydrogen-bond acceptors (Lipinski definition) is 5. The predicted molar refractivity (Wildman–Crippen MR) is 58.3 cm³/mol. The summed E-state index contributed by atoms with van der Waals surface area (Å²) in [5, 5.41) is 10.6. The van der Waals surface area contributed by atoms with E-state index in [0.29, 0.717) is 0 Å². The second kappa shape index (κ2) is 5.22. The predicted octanol–water partition coefficient (Wildman–Crippen LogP) is 1.39. The smallest absolute Gasteiger partial charge is 0.258 e. The third kappa shape index (κ3) is 2.89. The molecule has 0 N–H and O–H groups in total. The van der Waals surface area contributed by atoms with Crippen LogP contribution in [0.5, 0.6) is 0 Å². The largest absolute Gasteiger partial charge is 0.306 e. The molecule has 1 heterocycles. The van der Waals surface area contributed by atoms with Crippen LogP contribution < -0.4 is 0 Å². The van der Waals surface area contributed by atoms with Gasteiger partial charge in [0, 0.05) is 12.1 Å². The van der Waals surface area contributed by atoms with Gasteiger partial charge in [0.15, 0.2) is 9.84 Å². The van der Waals surface area contributed by atoms with Crippen molar-refractivity contribution in [3.63, 3.8) is 0 Å². The SMILES string of the molecule is O=[N+]([O-])c1cnccc1S(=O)(=O)CCCCl. The molecular formula is C8H9ClN2O4S. The number of rotatable bonds is 5. The summed E-state index contributed by atoms with van der Waals surface area (Å²) in [5.74, 6) is -0.0144. The molecule has 0 radical (unpaired) electrons. The molecule has 0 aromatic carbocycles. The van der Waals surface area contributed by atoms with E-state index in [1.165, 1.54) is 6.20 Å². The maximum absolute atomic E-state index is 11.7. The highest BCUT2D eigenvalue weighted by atomic mass is 35.5. The van der Waals surface area contributed by atoms with E-state index < -0.39 is 20.4 Å². The maximum atomic E-state index is 11.7. The number of nitro groups is 1. The molecule has 0 bridgehead atoms. The van der Waals surface area contributed by atoms with E-state index in [1.807, 2.05) is 0 Å². The van der Waals surface area contributed by atoms with Crippen molar-refractivity contribution >= 4 is 27.1 Å². The molecule has 0 saturated heterocycles. The van der Waals surface area contributed by atoms with Crippen molar-refractivity contribution < 1.29 is 13.3 Å². The number of hydrogen-bond donors (Lipinski definition) is 0. The zero-order valence-corrected chi connectivity index (χ0v) is 9.74. The van der Waals surface area contributed by atoms with Gasteiger partial charge in [-0.1, -0.05) is 0 Å². The fourth-order valence-corrected chi connectivity index (χ4v) is 2.88. The minimum atomic E-state index is -3.66. The van der Waals surface area contributed by atoms with Crippen LogP contribution in [0, 0.1) is 10.1 Å². The Morgan fingerprint density at radius 1 is 1.50 bits per heavy atom. The highest BCUT2D eigenvalue weighted by Gasteiger charge is 2.24. The van der Waals surface area contributed by atoms with Gasteiger partial charge in [-0.05, 0) is 12.5 Å². The second-order valence-corrected chi connectivity index (χ2v) is 5.42. The Morgan fingerprint density at radius 2 is 2.19 bits per heavy atom. The van der Waals surface area contributed by atoms with Gasteiger partial charge in [0.05, 0.1) is 10.7 Å². The van der Waals surface area contributed by atoms with E-state index in [9.17, 15) is 18.5 Å². The van der Waals surface area contributed by atoms with Gasteiger partial charge in [-0.2, -0.15) is 0 Å². The average molecular weight is 265 g/mol. The molecule has 88 valence electrons. The second-order valence-electron chi connectivity index (χ2n) is 2.96. The molecule has 6 nitrogen and oxygen atoms in total. The summed E-state index contributed by atoms with van der Waals surface area (Å²) < 4.78 is 23.5. The number of alkyl halides is 1. The minimum absolute atomic E-state index is 0.193. The highest BCUT2D eigenvalue weighted by Crippen LogP contribution is 2.23. The Bertz CT molecular complexity index is 489. The van der Waals surface area contributed by atoms with Crippen LogP contribution in [0.4, 0.5) is 5.69 Å². The molecule has 0 aliphatic heterocycles. The summed E-state index contributed by atoms with van der Waals surface area (Å²) in [4.78, 5) is 13.1. The third-order valence-electron chi connectivity index (χ3n) is 1.84. The van der Waals surface area contributed by atoms with Gasteiger partial charge in [-0.3, -0.25) is 15.1 Å². The lowest BCUT2D eigenvalue weighted by molar-refractivity contribution is -0.388. The van der Waals surface area contributed by atoms with Crippen LogP contribution in [0.2, 0.25) is 0 Å². The Balaban J connectivity index is 3.17. The Morgan fingerprint density at radius 3 is 2.75 bits per heavy atom. The summed E-state index contributed by atoms with van der Waals surface area (Å²) in [6.07, 6.45) is 2.39. The number of nitrogens with zero attached hydrogens (tertiary/aromatic N) is 2. The van der Waals surface area contributed by atoms with Crippen LogP contribution in [0.1, 0.15) is 6.42 Å². The van der Waals surface area contributed by atoms with Crippen LogP contribution in [-0.2, 0) is 9.84 Å². The summed E-state index contributed by atoms with van der Waals surface area (Å²) >= 11 is 5.39. The van der Waals surface area contributed by atoms with Crippen molar-refractivity contribution in [1.82, 2.24) is 4.98 Å². The molecule has 16 heavy (non-hydrogen) atoms. The van der Waals surface area contributed by atoms with Crippen LogP contribution in [-0.4, -0.2) is 30.0 Å². The van der Waals surface area contributed by atoms with E-state index in [0.717, 1.165) is 12.3 Å². The molecule has 1 aromatic rings. The first kappa shape index (κ1) is 12.9. The Kier molecular flexibility index (Phi) is 4.19. The third-order valence-corrected chi connectivity index (χ3v) is 3.95. The average Bonchev–Trinajstić information content (AvgIpc) is 2.26. The number of pyridine rings is 1. The Labute approximate surface area is 97.3 Å². The lowest BCUT2D eigenvalue weighted by atomic mass is 10.4. The normalized spacial score (nSPS) is 11.3. The molecule has 1 rings (SSSR count). The van der Waals surface area contributed by atoms with Crippen molar-refractivity contribution in [3.8, 4) is 0 Å². The molecule has 1 aromatic heterocycles. The first-order chi connectivity index (χ1) is 7.49. The lowest BCUT2D eigenvalue weighted by Crippen LogP contribution is -2.10. The molecule has 0 amide bonds. The van der Waals surface area contributed by atoms with Gasteiger partial charge in [0.1, 0.15) is 11.1 Å². The number of sulfone groups is 1. The molecule has 0 aliphatic carbocycles. The van der Waals surface area contributed by atoms with Gasteiger partial charge >= 0.3 is 5.69 Å². The van der Waals surface area contributed by atoms with Crippen LogP contribution in [0.15, 0.2) is 23.4 Å². The maximum Gasteiger partial charge on any atom is 0.306 e. The van der Waals surface area contributed by atoms with Gasteiger partial charge in [0.25, 0.3) is 0 Å². The molecule has 0 fully saturated rings. The summed E-state index contributed by atoms with van der Waals surface area (Å²) in [5.41, 5.74) is -0.503. The quantitative estimate of drug-likeness (QED) is 0.455. The molecule has 0 atom stereocenters. The van der Waals surface area contributed by atoms with Gasteiger partial charge < -0.3 is 0 Å². The molecule has 0 spiro atoms. The van der Waals surface area contributed by atoms with Crippen molar-refractivity contribution in [2.24, 2.45) is 0 Å². The minimum Gasteiger partial charge on any atom is -0.258 e. The zero-order chi connectivity index (χ0) is 12.2. The van der Waals surface area contributed by atoms with E-state index in [1.54, 1.807) is 0 Å². The van der Waals surface area contributed by atoms with Gasteiger partial charge in [0.2, 0.25) is 0 Å². The summed E-state index contributed by atoms with van der Waals surface area (Å²) in [7, 11) is -3.66. The standard InChI is InChI=1S/C8H9ClN2O4S/c9-3-1-5-16(14,15)8-2-4-10-6-7(8)11(12)13/h2,4,6H,1,3,5H2. The number of aromatic nitrogens is 1. The molecule has 0 unspecified atom stereocenters.